The normalized spacial score (nSPS) is 15.7. The topological polar surface area (TPSA) is 32.8 Å². The van der Waals surface area contributed by atoms with Crippen molar-refractivity contribution in [1.82, 2.24) is 4.90 Å². The molecule has 1 aliphatic heterocycles. The Labute approximate surface area is 116 Å². The fourth-order valence-electron chi connectivity index (χ4n) is 2.00. The van der Waals surface area contributed by atoms with Gasteiger partial charge in [-0.15, -0.1) is 0 Å². The zero-order valence-corrected chi connectivity index (χ0v) is 11.5. The summed E-state index contributed by atoms with van der Waals surface area (Å²) in [5.74, 6) is 0. The molecule has 1 heterocycles. The average Bonchev–Trinajstić information content (AvgIpc) is 2.37. The van der Waals surface area contributed by atoms with Crippen molar-refractivity contribution in [3.05, 3.63) is 28.2 Å². The van der Waals surface area contributed by atoms with Gasteiger partial charge in [0.05, 0.1) is 7.11 Å². The molecule has 1 amide bonds. The second-order valence-electron chi connectivity index (χ2n) is 4.07. The van der Waals surface area contributed by atoms with Crippen molar-refractivity contribution in [2.45, 2.75) is 0 Å². The molecule has 98 valence electrons. The number of rotatable bonds is 1. The standard InChI is InChI=1S/C12H14Cl2N2O2/c1-18-12(17)16-4-2-15(3-5-16)11-7-9(13)6-10(14)8-11/h6-8H,2-5H2,1H3. The van der Waals surface area contributed by atoms with E-state index in [-0.39, 0.29) is 6.09 Å². The highest BCUT2D eigenvalue weighted by atomic mass is 35.5. The lowest BCUT2D eigenvalue weighted by Crippen LogP contribution is -2.48. The molecule has 0 radical (unpaired) electrons. The molecule has 1 fully saturated rings. The minimum atomic E-state index is -0.279. The van der Waals surface area contributed by atoms with Crippen molar-refractivity contribution in [1.29, 1.82) is 0 Å². The maximum atomic E-state index is 11.4. The van der Waals surface area contributed by atoms with Gasteiger partial charge in [0.15, 0.2) is 0 Å². The third-order valence-electron chi connectivity index (χ3n) is 2.92. The molecule has 0 N–H and O–H groups in total. The number of halogens is 2. The van der Waals surface area contributed by atoms with E-state index >= 15 is 0 Å². The van der Waals surface area contributed by atoms with E-state index in [2.05, 4.69) is 4.90 Å². The molecule has 0 saturated carbocycles. The van der Waals surface area contributed by atoms with Crippen LogP contribution >= 0.6 is 23.2 Å². The third-order valence-corrected chi connectivity index (χ3v) is 3.36. The van der Waals surface area contributed by atoms with Crippen LogP contribution in [0.4, 0.5) is 10.5 Å². The molecule has 0 aliphatic carbocycles. The highest BCUT2D eigenvalue weighted by molar-refractivity contribution is 6.35. The summed E-state index contributed by atoms with van der Waals surface area (Å²) >= 11 is 12.0. The SMILES string of the molecule is COC(=O)N1CCN(c2cc(Cl)cc(Cl)c2)CC1. The highest BCUT2D eigenvalue weighted by Crippen LogP contribution is 2.26. The minimum absolute atomic E-state index is 0.279. The number of amides is 1. The first kappa shape index (κ1) is 13.3. The van der Waals surface area contributed by atoms with Gasteiger partial charge in [-0.2, -0.15) is 0 Å². The van der Waals surface area contributed by atoms with Gasteiger partial charge >= 0.3 is 6.09 Å². The van der Waals surface area contributed by atoms with Crippen LogP contribution in [0, 0.1) is 0 Å². The molecule has 0 unspecified atom stereocenters. The first-order chi connectivity index (χ1) is 8.60. The molecule has 0 bridgehead atoms. The number of piperazine rings is 1. The number of nitrogens with zero attached hydrogens (tertiary/aromatic N) is 2. The first-order valence-electron chi connectivity index (χ1n) is 5.64. The monoisotopic (exact) mass is 288 g/mol. The lowest BCUT2D eigenvalue weighted by Gasteiger charge is -2.35. The number of hydrogen-bond donors (Lipinski definition) is 0. The summed E-state index contributed by atoms with van der Waals surface area (Å²) < 4.78 is 4.70. The smallest absolute Gasteiger partial charge is 0.409 e. The summed E-state index contributed by atoms with van der Waals surface area (Å²) in [7, 11) is 1.39. The van der Waals surface area contributed by atoms with E-state index in [0.29, 0.717) is 23.1 Å². The quantitative estimate of drug-likeness (QED) is 0.797. The minimum Gasteiger partial charge on any atom is -0.453 e. The Balaban J connectivity index is 2.03. The Kier molecular flexibility index (Phi) is 4.19. The van der Waals surface area contributed by atoms with Crippen LogP contribution in [-0.4, -0.2) is 44.3 Å². The second kappa shape index (κ2) is 5.67. The van der Waals surface area contributed by atoms with Gasteiger partial charge in [0.25, 0.3) is 0 Å². The van der Waals surface area contributed by atoms with Crippen molar-refractivity contribution < 1.29 is 9.53 Å². The number of hydrogen-bond acceptors (Lipinski definition) is 3. The molecule has 0 atom stereocenters. The summed E-state index contributed by atoms with van der Waals surface area (Å²) in [5.41, 5.74) is 0.983. The Morgan fingerprint density at radius 2 is 1.67 bits per heavy atom. The van der Waals surface area contributed by atoms with Crippen molar-refractivity contribution in [2.75, 3.05) is 38.2 Å². The molecular formula is C12H14Cl2N2O2. The zero-order chi connectivity index (χ0) is 13.1. The van der Waals surface area contributed by atoms with Crippen molar-refractivity contribution >= 4 is 35.0 Å². The fraction of sp³-hybridized carbons (Fsp3) is 0.417. The Bertz CT molecular complexity index is 425. The molecule has 4 nitrogen and oxygen atoms in total. The van der Waals surface area contributed by atoms with Crippen molar-refractivity contribution in [2.24, 2.45) is 0 Å². The van der Waals surface area contributed by atoms with Crippen LogP contribution in [0.15, 0.2) is 18.2 Å². The van der Waals surface area contributed by atoms with E-state index < -0.39 is 0 Å². The molecular weight excluding hydrogens is 275 g/mol. The van der Waals surface area contributed by atoms with Gasteiger partial charge in [0.2, 0.25) is 0 Å². The maximum Gasteiger partial charge on any atom is 0.409 e. The average molecular weight is 289 g/mol. The van der Waals surface area contributed by atoms with E-state index in [1.807, 2.05) is 12.1 Å². The van der Waals surface area contributed by atoms with Gasteiger partial charge in [-0.1, -0.05) is 23.2 Å². The summed E-state index contributed by atoms with van der Waals surface area (Å²) in [6, 6.07) is 5.46. The zero-order valence-electron chi connectivity index (χ0n) is 10.0. The van der Waals surface area contributed by atoms with E-state index in [1.54, 1.807) is 11.0 Å². The summed E-state index contributed by atoms with van der Waals surface area (Å²) in [6.45, 7) is 2.76. The molecule has 1 aromatic carbocycles. The van der Waals surface area contributed by atoms with Crippen LogP contribution in [0.25, 0.3) is 0 Å². The van der Waals surface area contributed by atoms with Crippen LogP contribution in [0.2, 0.25) is 10.0 Å². The highest BCUT2D eigenvalue weighted by Gasteiger charge is 2.21. The second-order valence-corrected chi connectivity index (χ2v) is 4.94. The third kappa shape index (κ3) is 3.00. The number of ether oxygens (including phenoxy) is 1. The van der Waals surface area contributed by atoms with Gasteiger partial charge in [0, 0.05) is 41.9 Å². The molecule has 6 heteroatoms. The summed E-state index contributed by atoms with van der Waals surface area (Å²) in [6.07, 6.45) is -0.279. The summed E-state index contributed by atoms with van der Waals surface area (Å²) in [5, 5.41) is 1.24. The first-order valence-corrected chi connectivity index (χ1v) is 6.39. The molecule has 18 heavy (non-hydrogen) atoms. The van der Waals surface area contributed by atoms with Crippen molar-refractivity contribution in [3.63, 3.8) is 0 Å². The van der Waals surface area contributed by atoms with Gasteiger partial charge in [-0.05, 0) is 18.2 Å². The van der Waals surface area contributed by atoms with Gasteiger partial charge in [-0.3, -0.25) is 0 Å². The number of methoxy groups -OCH3 is 1. The molecule has 1 saturated heterocycles. The Morgan fingerprint density at radius 1 is 1.11 bits per heavy atom. The predicted molar refractivity (Wildman–Crippen MR) is 72.7 cm³/mol. The van der Waals surface area contributed by atoms with Crippen LogP contribution in [0.1, 0.15) is 0 Å². The van der Waals surface area contributed by atoms with Crippen LogP contribution in [0.5, 0.6) is 0 Å². The Hall–Kier alpha value is -1.13. The van der Waals surface area contributed by atoms with Crippen LogP contribution in [-0.2, 0) is 4.74 Å². The van der Waals surface area contributed by atoms with Gasteiger partial charge in [0.1, 0.15) is 0 Å². The van der Waals surface area contributed by atoms with Gasteiger partial charge in [-0.25, -0.2) is 4.79 Å². The van der Waals surface area contributed by atoms with Crippen LogP contribution in [0.3, 0.4) is 0 Å². The van der Waals surface area contributed by atoms with Crippen molar-refractivity contribution in [3.8, 4) is 0 Å². The molecule has 2 rings (SSSR count). The number of carbonyl (C=O) groups excluding carboxylic acids is 1. The number of benzene rings is 1. The lowest BCUT2D eigenvalue weighted by atomic mass is 10.2. The van der Waals surface area contributed by atoms with Gasteiger partial charge < -0.3 is 14.5 Å². The van der Waals surface area contributed by atoms with E-state index in [4.69, 9.17) is 27.9 Å². The molecule has 1 aromatic rings. The summed E-state index contributed by atoms with van der Waals surface area (Å²) in [4.78, 5) is 15.2. The van der Waals surface area contributed by atoms with E-state index in [0.717, 1.165) is 18.8 Å². The lowest BCUT2D eigenvalue weighted by molar-refractivity contribution is 0.121. The number of carbonyl (C=O) groups is 1. The Morgan fingerprint density at radius 3 is 2.17 bits per heavy atom. The maximum absolute atomic E-state index is 11.4. The van der Waals surface area contributed by atoms with E-state index in [9.17, 15) is 4.79 Å². The molecule has 1 aliphatic rings. The van der Waals surface area contributed by atoms with Crippen LogP contribution < -0.4 is 4.90 Å². The predicted octanol–water partition coefficient (Wildman–Crippen LogP) is 2.88. The molecule has 0 aromatic heterocycles. The number of anilines is 1. The molecule has 0 spiro atoms. The fourth-order valence-corrected chi connectivity index (χ4v) is 2.51. The van der Waals surface area contributed by atoms with E-state index in [1.165, 1.54) is 7.11 Å². The largest absolute Gasteiger partial charge is 0.453 e.